The standard InChI is InChI=1S/C20H24N4O3/c1-13-8-14(2)24(21-13)16-11-22(12-16)20(26)15-9-19(25)23(10-15)17-6-4-5-7-18(17)27-3/h4-8,15-16H,9-12H2,1-3H3. The normalized spacial score (nSPS) is 20.1. The third-order valence-electron chi connectivity index (χ3n) is 5.41. The number of carbonyl (C=O) groups excluding carboxylic acids is 2. The number of aromatic nitrogens is 2. The topological polar surface area (TPSA) is 67.7 Å². The molecule has 27 heavy (non-hydrogen) atoms. The average molecular weight is 368 g/mol. The fourth-order valence-corrected chi connectivity index (χ4v) is 4.02. The number of ether oxygens (including phenoxy) is 1. The average Bonchev–Trinajstić information content (AvgIpc) is 3.15. The van der Waals surface area contributed by atoms with Gasteiger partial charge < -0.3 is 14.5 Å². The van der Waals surface area contributed by atoms with Crippen LogP contribution in [0.15, 0.2) is 30.3 Å². The van der Waals surface area contributed by atoms with Crippen molar-refractivity contribution in [3.63, 3.8) is 0 Å². The summed E-state index contributed by atoms with van der Waals surface area (Å²) in [4.78, 5) is 28.9. The second kappa shape index (κ2) is 6.72. The third-order valence-corrected chi connectivity index (χ3v) is 5.41. The minimum absolute atomic E-state index is 0.0338. The van der Waals surface area contributed by atoms with Gasteiger partial charge in [0, 0.05) is 31.7 Å². The van der Waals surface area contributed by atoms with Crippen LogP contribution < -0.4 is 9.64 Å². The van der Waals surface area contributed by atoms with Crippen molar-refractivity contribution < 1.29 is 14.3 Å². The van der Waals surface area contributed by atoms with E-state index in [1.165, 1.54) is 0 Å². The van der Waals surface area contributed by atoms with E-state index in [1.54, 1.807) is 12.0 Å². The molecule has 3 heterocycles. The van der Waals surface area contributed by atoms with Crippen LogP contribution in [0.25, 0.3) is 0 Å². The Balaban J connectivity index is 1.41. The van der Waals surface area contributed by atoms with Gasteiger partial charge in [0.15, 0.2) is 0 Å². The largest absolute Gasteiger partial charge is 0.495 e. The number of nitrogens with zero attached hydrogens (tertiary/aromatic N) is 4. The molecule has 7 heteroatoms. The molecule has 2 aromatic rings. The fourth-order valence-electron chi connectivity index (χ4n) is 4.02. The predicted molar refractivity (Wildman–Crippen MR) is 101 cm³/mol. The number of hydrogen-bond donors (Lipinski definition) is 0. The zero-order valence-corrected chi connectivity index (χ0v) is 15.9. The van der Waals surface area contributed by atoms with Crippen molar-refractivity contribution in [2.45, 2.75) is 26.3 Å². The van der Waals surface area contributed by atoms with Gasteiger partial charge in [-0.1, -0.05) is 12.1 Å². The number of rotatable bonds is 4. The lowest BCUT2D eigenvalue weighted by Crippen LogP contribution is -2.53. The maximum atomic E-state index is 12.9. The molecule has 0 N–H and O–H groups in total. The van der Waals surface area contributed by atoms with Crippen molar-refractivity contribution in [1.82, 2.24) is 14.7 Å². The van der Waals surface area contributed by atoms with Crippen LogP contribution in [-0.4, -0.2) is 53.2 Å². The smallest absolute Gasteiger partial charge is 0.228 e. The minimum atomic E-state index is -0.302. The highest BCUT2D eigenvalue weighted by Gasteiger charge is 2.42. The summed E-state index contributed by atoms with van der Waals surface area (Å²) in [6, 6.07) is 9.69. The van der Waals surface area contributed by atoms with Crippen molar-refractivity contribution in [2.75, 3.05) is 31.6 Å². The number of methoxy groups -OCH3 is 1. The van der Waals surface area contributed by atoms with E-state index in [9.17, 15) is 9.59 Å². The van der Waals surface area contributed by atoms with Crippen LogP contribution in [0.5, 0.6) is 5.75 Å². The maximum Gasteiger partial charge on any atom is 0.228 e. The lowest BCUT2D eigenvalue weighted by molar-refractivity contribution is -0.141. The van der Waals surface area contributed by atoms with Crippen LogP contribution in [0.2, 0.25) is 0 Å². The minimum Gasteiger partial charge on any atom is -0.495 e. The molecule has 4 rings (SSSR count). The molecule has 7 nitrogen and oxygen atoms in total. The van der Waals surface area contributed by atoms with Crippen LogP contribution >= 0.6 is 0 Å². The molecule has 1 aromatic heterocycles. The predicted octanol–water partition coefficient (Wildman–Crippen LogP) is 1.94. The second-order valence-corrected chi connectivity index (χ2v) is 7.35. The van der Waals surface area contributed by atoms with Gasteiger partial charge in [-0.05, 0) is 32.0 Å². The summed E-state index contributed by atoms with van der Waals surface area (Å²) in [6.07, 6.45) is 0.248. The molecule has 1 unspecified atom stereocenters. The summed E-state index contributed by atoms with van der Waals surface area (Å²) < 4.78 is 7.36. The van der Waals surface area contributed by atoms with Gasteiger partial charge >= 0.3 is 0 Å². The molecule has 2 aliphatic heterocycles. The number of hydrogen-bond acceptors (Lipinski definition) is 4. The first-order valence-corrected chi connectivity index (χ1v) is 9.23. The summed E-state index contributed by atoms with van der Waals surface area (Å²) in [5, 5.41) is 4.51. The van der Waals surface area contributed by atoms with E-state index in [2.05, 4.69) is 5.10 Å². The molecule has 0 aliphatic carbocycles. The zero-order valence-electron chi connectivity index (χ0n) is 15.9. The molecule has 2 amide bonds. The monoisotopic (exact) mass is 368 g/mol. The summed E-state index contributed by atoms with van der Waals surface area (Å²) in [6.45, 7) is 5.71. The Morgan fingerprint density at radius 2 is 1.93 bits per heavy atom. The lowest BCUT2D eigenvalue weighted by Gasteiger charge is -2.41. The van der Waals surface area contributed by atoms with E-state index in [0.29, 0.717) is 25.4 Å². The highest BCUT2D eigenvalue weighted by atomic mass is 16.5. The van der Waals surface area contributed by atoms with Gasteiger partial charge in [-0.25, -0.2) is 0 Å². The van der Waals surface area contributed by atoms with Crippen LogP contribution in [0, 0.1) is 19.8 Å². The Hall–Kier alpha value is -2.83. The van der Waals surface area contributed by atoms with Gasteiger partial charge in [0.25, 0.3) is 0 Å². The van der Waals surface area contributed by atoms with Crippen molar-refractivity contribution in [2.24, 2.45) is 5.92 Å². The SMILES string of the molecule is COc1ccccc1N1CC(C(=O)N2CC(n3nc(C)cc3C)C2)CC1=O. The van der Waals surface area contributed by atoms with E-state index in [0.717, 1.165) is 17.1 Å². The fraction of sp³-hybridized carbons (Fsp3) is 0.450. The lowest BCUT2D eigenvalue weighted by atomic mass is 10.0. The first kappa shape index (κ1) is 17.6. The quantitative estimate of drug-likeness (QED) is 0.827. The van der Waals surface area contributed by atoms with E-state index >= 15 is 0 Å². The van der Waals surface area contributed by atoms with E-state index < -0.39 is 0 Å². The Morgan fingerprint density at radius 3 is 2.59 bits per heavy atom. The molecule has 1 atom stereocenters. The molecule has 2 aliphatic rings. The van der Waals surface area contributed by atoms with Crippen LogP contribution in [0.1, 0.15) is 23.9 Å². The molecule has 2 saturated heterocycles. The summed E-state index contributed by atoms with van der Waals surface area (Å²) in [7, 11) is 1.58. The Labute approximate surface area is 158 Å². The van der Waals surface area contributed by atoms with Crippen molar-refractivity contribution >= 4 is 17.5 Å². The van der Waals surface area contributed by atoms with Crippen molar-refractivity contribution in [3.05, 3.63) is 41.7 Å². The number of anilines is 1. The molecule has 0 saturated carbocycles. The summed E-state index contributed by atoms with van der Waals surface area (Å²) in [5.74, 6) is 0.364. The molecule has 0 bridgehead atoms. The number of likely N-dealkylation sites (tertiary alicyclic amines) is 1. The maximum absolute atomic E-state index is 12.9. The number of benzene rings is 1. The van der Waals surface area contributed by atoms with E-state index in [-0.39, 0.29) is 30.2 Å². The molecule has 2 fully saturated rings. The first-order chi connectivity index (χ1) is 13.0. The van der Waals surface area contributed by atoms with Gasteiger partial charge in [0.1, 0.15) is 5.75 Å². The van der Waals surface area contributed by atoms with Gasteiger partial charge in [0.2, 0.25) is 11.8 Å². The number of amides is 2. The van der Waals surface area contributed by atoms with E-state index in [1.807, 2.05) is 53.8 Å². The van der Waals surface area contributed by atoms with Gasteiger partial charge in [-0.3, -0.25) is 14.3 Å². The Morgan fingerprint density at radius 1 is 1.19 bits per heavy atom. The van der Waals surface area contributed by atoms with Gasteiger partial charge in [-0.15, -0.1) is 0 Å². The van der Waals surface area contributed by atoms with Crippen LogP contribution in [0.4, 0.5) is 5.69 Å². The zero-order chi connectivity index (χ0) is 19.1. The first-order valence-electron chi connectivity index (χ1n) is 9.23. The Kier molecular flexibility index (Phi) is 4.37. The van der Waals surface area contributed by atoms with Crippen LogP contribution in [0.3, 0.4) is 0 Å². The highest BCUT2D eigenvalue weighted by molar-refractivity contribution is 6.01. The number of para-hydroxylation sites is 2. The third kappa shape index (κ3) is 3.07. The highest BCUT2D eigenvalue weighted by Crippen LogP contribution is 2.34. The van der Waals surface area contributed by atoms with Crippen molar-refractivity contribution in [3.8, 4) is 5.75 Å². The number of aryl methyl sites for hydroxylation is 2. The van der Waals surface area contributed by atoms with E-state index in [4.69, 9.17) is 4.74 Å². The van der Waals surface area contributed by atoms with Gasteiger partial charge in [0.05, 0.1) is 30.5 Å². The molecule has 0 spiro atoms. The summed E-state index contributed by atoms with van der Waals surface area (Å²) >= 11 is 0. The molecular formula is C20H24N4O3. The molecule has 0 radical (unpaired) electrons. The Bertz CT molecular complexity index is 885. The van der Waals surface area contributed by atoms with Gasteiger partial charge in [-0.2, -0.15) is 5.10 Å². The number of carbonyl (C=O) groups is 2. The molecule has 142 valence electrons. The van der Waals surface area contributed by atoms with Crippen molar-refractivity contribution in [1.29, 1.82) is 0 Å². The second-order valence-electron chi connectivity index (χ2n) is 7.35. The molecule has 1 aromatic carbocycles. The summed E-state index contributed by atoms with van der Waals surface area (Å²) in [5.41, 5.74) is 2.83. The van der Waals surface area contributed by atoms with Crippen LogP contribution in [-0.2, 0) is 9.59 Å². The molecular weight excluding hydrogens is 344 g/mol.